The lowest BCUT2D eigenvalue weighted by Crippen LogP contribution is -2.38. The van der Waals surface area contributed by atoms with Crippen LogP contribution >= 0.6 is 11.3 Å². The molecule has 1 fully saturated rings. The number of hydrogen-bond acceptors (Lipinski definition) is 4. The number of hydrogen-bond donors (Lipinski definition) is 1. The van der Waals surface area contributed by atoms with Crippen LogP contribution in [0.2, 0.25) is 0 Å². The van der Waals surface area contributed by atoms with Crippen LogP contribution < -0.4 is 5.32 Å². The molecule has 1 N–H and O–H groups in total. The van der Waals surface area contributed by atoms with Gasteiger partial charge in [-0.3, -0.25) is 9.59 Å². The SMILES string of the molecule is O=C(NCC(c1ccccc1)c1ccccc1)c1csc(C2CCN(C(=O)c3ccccc3C(F)(F)F)CC2)n1. The minimum Gasteiger partial charge on any atom is -0.350 e. The summed E-state index contributed by atoms with van der Waals surface area (Å²) in [6.45, 7) is 1.07. The molecular weight excluding hydrogens is 535 g/mol. The summed E-state index contributed by atoms with van der Waals surface area (Å²) in [7, 11) is 0. The molecule has 4 aromatic rings. The molecule has 5 nitrogen and oxygen atoms in total. The topological polar surface area (TPSA) is 62.3 Å². The Morgan fingerprint density at radius 2 is 1.48 bits per heavy atom. The maximum Gasteiger partial charge on any atom is 0.417 e. The second-order valence-corrected chi connectivity index (χ2v) is 10.7. The summed E-state index contributed by atoms with van der Waals surface area (Å²) in [6.07, 6.45) is -3.46. The van der Waals surface area contributed by atoms with E-state index in [4.69, 9.17) is 0 Å². The summed E-state index contributed by atoms with van der Waals surface area (Å²) in [5.74, 6) is -0.837. The molecule has 1 aromatic heterocycles. The van der Waals surface area contributed by atoms with E-state index in [9.17, 15) is 22.8 Å². The number of nitrogens with one attached hydrogen (secondary N) is 1. The van der Waals surface area contributed by atoms with Crippen molar-refractivity contribution in [1.29, 1.82) is 0 Å². The Balaban J connectivity index is 1.20. The Kier molecular flexibility index (Phi) is 8.30. The number of amides is 2. The number of nitrogens with zero attached hydrogens (tertiary/aromatic N) is 2. The molecule has 40 heavy (non-hydrogen) atoms. The minimum absolute atomic E-state index is 0.00574. The lowest BCUT2D eigenvalue weighted by atomic mass is 9.91. The third kappa shape index (κ3) is 6.25. The predicted molar refractivity (Wildman–Crippen MR) is 148 cm³/mol. The number of thiazole rings is 1. The van der Waals surface area contributed by atoms with Crippen LogP contribution in [0.3, 0.4) is 0 Å². The molecule has 9 heteroatoms. The highest BCUT2D eigenvalue weighted by Crippen LogP contribution is 2.35. The standard InChI is InChI=1S/C31H28F3N3O2S/c32-31(33,34)26-14-8-7-13-24(26)30(39)37-17-15-23(16-18-37)29-36-27(20-40-29)28(38)35-19-25(21-9-3-1-4-10-21)22-11-5-2-6-12-22/h1-14,20,23,25H,15-19H2,(H,35,38). The second-order valence-electron chi connectivity index (χ2n) is 9.76. The summed E-state index contributed by atoms with van der Waals surface area (Å²) in [5, 5.41) is 5.57. The fourth-order valence-electron chi connectivity index (χ4n) is 5.08. The van der Waals surface area contributed by atoms with Gasteiger partial charge in [0.15, 0.2) is 0 Å². The lowest BCUT2D eigenvalue weighted by Gasteiger charge is -2.31. The number of likely N-dealkylation sites (tertiary alicyclic amines) is 1. The molecular formula is C31H28F3N3O2S. The molecule has 1 saturated heterocycles. The zero-order valence-electron chi connectivity index (χ0n) is 21.6. The van der Waals surface area contributed by atoms with E-state index in [2.05, 4.69) is 10.3 Å². The van der Waals surface area contributed by atoms with Gasteiger partial charge < -0.3 is 10.2 Å². The summed E-state index contributed by atoms with van der Waals surface area (Å²) in [4.78, 5) is 32.0. The van der Waals surface area contributed by atoms with Gasteiger partial charge in [-0.1, -0.05) is 72.8 Å². The summed E-state index contributed by atoms with van der Waals surface area (Å²) >= 11 is 1.40. The van der Waals surface area contributed by atoms with Gasteiger partial charge in [0.1, 0.15) is 5.69 Å². The van der Waals surface area contributed by atoms with Crippen molar-refractivity contribution in [2.45, 2.75) is 30.9 Å². The van der Waals surface area contributed by atoms with E-state index >= 15 is 0 Å². The quantitative estimate of drug-likeness (QED) is 0.271. The lowest BCUT2D eigenvalue weighted by molar-refractivity contribution is -0.138. The van der Waals surface area contributed by atoms with E-state index in [1.54, 1.807) is 5.38 Å². The van der Waals surface area contributed by atoms with Crippen LogP contribution in [0, 0.1) is 0 Å². The zero-order valence-corrected chi connectivity index (χ0v) is 22.4. The van der Waals surface area contributed by atoms with Crippen molar-refractivity contribution < 1.29 is 22.8 Å². The van der Waals surface area contributed by atoms with Gasteiger partial charge in [-0.2, -0.15) is 13.2 Å². The Bertz CT molecular complexity index is 1410. The summed E-state index contributed by atoms with van der Waals surface area (Å²) in [5.41, 5.74) is 1.31. The third-order valence-corrected chi connectivity index (χ3v) is 8.23. The third-order valence-electron chi connectivity index (χ3n) is 7.22. The molecule has 0 aliphatic carbocycles. The van der Waals surface area contributed by atoms with Gasteiger partial charge in [-0.15, -0.1) is 11.3 Å². The van der Waals surface area contributed by atoms with Gasteiger partial charge in [0, 0.05) is 36.9 Å². The van der Waals surface area contributed by atoms with E-state index in [0.29, 0.717) is 38.2 Å². The highest BCUT2D eigenvalue weighted by atomic mass is 32.1. The van der Waals surface area contributed by atoms with E-state index < -0.39 is 17.6 Å². The number of aromatic nitrogens is 1. The Morgan fingerprint density at radius 3 is 2.08 bits per heavy atom. The number of rotatable bonds is 7. The molecule has 206 valence electrons. The molecule has 0 saturated carbocycles. The van der Waals surface area contributed by atoms with Crippen LogP contribution in [0.25, 0.3) is 0 Å². The molecule has 3 aromatic carbocycles. The minimum atomic E-state index is -4.59. The van der Waals surface area contributed by atoms with Crippen molar-refractivity contribution in [2.24, 2.45) is 0 Å². The largest absolute Gasteiger partial charge is 0.417 e. The zero-order chi connectivity index (χ0) is 28.1. The first-order valence-electron chi connectivity index (χ1n) is 13.1. The number of halogens is 3. The van der Waals surface area contributed by atoms with Crippen molar-refractivity contribution in [3.63, 3.8) is 0 Å². The first kappa shape index (κ1) is 27.6. The van der Waals surface area contributed by atoms with Crippen LogP contribution in [0.4, 0.5) is 13.2 Å². The van der Waals surface area contributed by atoms with Gasteiger partial charge in [0.25, 0.3) is 11.8 Å². The smallest absolute Gasteiger partial charge is 0.350 e. The fraction of sp³-hybridized carbons (Fsp3) is 0.258. The molecule has 1 aliphatic rings. The van der Waals surface area contributed by atoms with Crippen molar-refractivity contribution >= 4 is 23.2 Å². The second kappa shape index (κ2) is 12.0. The molecule has 0 radical (unpaired) electrons. The van der Waals surface area contributed by atoms with Crippen molar-refractivity contribution in [2.75, 3.05) is 19.6 Å². The van der Waals surface area contributed by atoms with Gasteiger partial charge in [-0.25, -0.2) is 4.98 Å². The van der Waals surface area contributed by atoms with Crippen molar-refractivity contribution in [1.82, 2.24) is 15.2 Å². The van der Waals surface area contributed by atoms with Crippen molar-refractivity contribution in [3.05, 3.63) is 123 Å². The summed E-state index contributed by atoms with van der Waals surface area (Å²) in [6, 6.07) is 24.9. The van der Waals surface area contributed by atoms with Gasteiger partial charge >= 0.3 is 6.18 Å². The first-order chi connectivity index (χ1) is 19.3. The molecule has 0 unspecified atom stereocenters. The van der Waals surface area contributed by atoms with Crippen LogP contribution in [-0.2, 0) is 6.18 Å². The molecule has 2 heterocycles. The van der Waals surface area contributed by atoms with Gasteiger partial charge in [0.05, 0.1) is 16.1 Å². The molecule has 0 atom stereocenters. The van der Waals surface area contributed by atoms with Crippen LogP contribution in [0.15, 0.2) is 90.3 Å². The number of benzene rings is 3. The average Bonchev–Trinajstić information content (AvgIpc) is 3.48. The van der Waals surface area contributed by atoms with E-state index in [-0.39, 0.29) is 23.3 Å². The number of piperidine rings is 1. The van der Waals surface area contributed by atoms with Crippen molar-refractivity contribution in [3.8, 4) is 0 Å². The fourth-order valence-corrected chi connectivity index (χ4v) is 6.05. The molecule has 5 rings (SSSR count). The van der Waals surface area contributed by atoms with E-state index in [0.717, 1.165) is 22.2 Å². The van der Waals surface area contributed by atoms with Crippen LogP contribution in [-0.4, -0.2) is 41.3 Å². The Morgan fingerprint density at radius 1 is 0.900 bits per heavy atom. The highest BCUT2D eigenvalue weighted by Gasteiger charge is 2.36. The highest BCUT2D eigenvalue weighted by molar-refractivity contribution is 7.09. The van der Waals surface area contributed by atoms with E-state index in [1.165, 1.54) is 34.4 Å². The normalized spacial score (nSPS) is 14.3. The van der Waals surface area contributed by atoms with Crippen LogP contribution in [0.1, 0.15) is 67.2 Å². The van der Waals surface area contributed by atoms with Crippen LogP contribution in [0.5, 0.6) is 0 Å². The Hall–Kier alpha value is -3.98. The monoisotopic (exact) mass is 563 g/mol. The Labute approximate surface area is 234 Å². The molecule has 2 amide bonds. The predicted octanol–water partition coefficient (Wildman–Crippen LogP) is 6.74. The first-order valence-corrected chi connectivity index (χ1v) is 14.0. The maximum atomic E-state index is 13.4. The molecule has 0 bridgehead atoms. The number of carbonyl (C=O) groups excluding carboxylic acids is 2. The maximum absolute atomic E-state index is 13.4. The van der Waals surface area contributed by atoms with Gasteiger partial charge in [-0.05, 0) is 36.1 Å². The summed E-state index contributed by atoms with van der Waals surface area (Å²) < 4.78 is 40.2. The molecule has 1 aliphatic heterocycles. The molecule has 0 spiro atoms. The number of carbonyl (C=O) groups is 2. The average molecular weight is 564 g/mol. The number of alkyl halides is 3. The van der Waals surface area contributed by atoms with E-state index in [1.807, 2.05) is 60.7 Å². The van der Waals surface area contributed by atoms with Gasteiger partial charge in [0.2, 0.25) is 0 Å².